The van der Waals surface area contributed by atoms with Gasteiger partial charge in [0.25, 0.3) is 0 Å². The molecule has 0 bridgehead atoms. The molecule has 5 heteroatoms. The number of ether oxygens (including phenoxy) is 1. The molecule has 1 aromatic carbocycles. The summed E-state index contributed by atoms with van der Waals surface area (Å²) in [6, 6.07) is 11.6. The molecule has 1 amide bonds. The molecular formula is C19H21BrN2O2. The lowest BCUT2D eigenvalue weighted by Gasteiger charge is -2.06. The number of nitrogens with one attached hydrogen (secondary N) is 1. The first-order chi connectivity index (χ1) is 11.7. The summed E-state index contributed by atoms with van der Waals surface area (Å²) in [7, 11) is 0. The van der Waals surface area contributed by atoms with Gasteiger partial charge in [-0.3, -0.25) is 9.78 Å². The number of benzene rings is 1. The molecular weight excluding hydrogens is 368 g/mol. The van der Waals surface area contributed by atoms with Crippen molar-refractivity contribution in [2.45, 2.75) is 19.3 Å². The van der Waals surface area contributed by atoms with Crippen LogP contribution in [0.1, 0.15) is 24.8 Å². The maximum absolute atomic E-state index is 11.7. The SMILES string of the molecule is O=C(CCCCOc1ccc(Br)cc1)NC/C=C/c1cccnc1. The molecule has 1 aromatic heterocycles. The third-order valence-electron chi connectivity index (χ3n) is 3.29. The van der Waals surface area contributed by atoms with Gasteiger partial charge in [0.1, 0.15) is 5.75 Å². The minimum Gasteiger partial charge on any atom is -0.494 e. The Bertz CT molecular complexity index is 642. The van der Waals surface area contributed by atoms with E-state index in [9.17, 15) is 4.79 Å². The van der Waals surface area contributed by atoms with Crippen LogP contribution in [0.2, 0.25) is 0 Å². The molecule has 0 aliphatic rings. The molecule has 0 unspecified atom stereocenters. The average Bonchev–Trinajstić information content (AvgIpc) is 2.61. The Morgan fingerprint density at radius 2 is 2.04 bits per heavy atom. The summed E-state index contributed by atoms with van der Waals surface area (Å²) in [5.74, 6) is 0.915. The number of unbranched alkanes of at least 4 members (excludes halogenated alkanes) is 1. The van der Waals surface area contributed by atoms with Gasteiger partial charge in [0.2, 0.25) is 5.91 Å². The van der Waals surface area contributed by atoms with Crippen LogP contribution >= 0.6 is 15.9 Å². The fraction of sp³-hybridized carbons (Fsp3) is 0.263. The quantitative estimate of drug-likeness (QED) is 0.654. The second kappa shape index (κ2) is 10.6. The van der Waals surface area contributed by atoms with Crippen molar-refractivity contribution >= 4 is 27.9 Å². The van der Waals surface area contributed by atoms with E-state index in [1.165, 1.54) is 0 Å². The molecule has 0 aliphatic heterocycles. The highest BCUT2D eigenvalue weighted by molar-refractivity contribution is 9.10. The number of aromatic nitrogens is 1. The van der Waals surface area contributed by atoms with E-state index < -0.39 is 0 Å². The lowest BCUT2D eigenvalue weighted by molar-refractivity contribution is -0.121. The molecule has 0 radical (unpaired) electrons. The summed E-state index contributed by atoms with van der Waals surface area (Å²) < 4.78 is 6.65. The Hall–Kier alpha value is -2.14. The van der Waals surface area contributed by atoms with E-state index in [0.717, 1.165) is 28.6 Å². The van der Waals surface area contributed by atoms with Crippen LogP contribution in [-0.4, -0.2) is 24.0 Å². The predicted octanol–water partition coefficient (Wildman–Crippen LogP) is 4.22. The maximum atomic E-state index is 11.7. The summed E-state index contributed by atoms with van der Waals surface area (Å²) in [5.41, 5.74) is 1.02. The van der Waals surface area contributed by atoms with Gasteiger partial charge in [-0.2, -0.15) is 0 Å². The number of amides is 1. The molecule has 126 valence electrons. The van der Waals surface area contributed by atoms with Crippen LogP contribution in [0.25, 0.3) is 6.08 Å². The van der Waals surface area contributed by atoms with Crippen LogP contribution in [0.5, 0.6) is 5.75 Å². The van der Waals surface area contributed by atoms with E-state index in [1.54, 1.807) is 12.4 Å². The van der Waals surface area contributed by atoms with E-state index in [2.05, 4.69) is 26.2 Å². The van der Waals surface area contributed by atoms with Crippen LogP contribution in [0, 0.1) is 0 Å². The Balaban J connectivity index is 1.52. The van der Waals surface area contributed by atoms with Gasteiger partial charge in [-0.05, 0) is 48.7 Å². The summed E-state index contributed by atoms with van der Waals surface area (Å²) in [6.45, 7) is 1.15. The first kappa shape index (κ1) is 18.2. The summed E-state index contributed by atoms with van der Waals surface area (Å²) in [4.78, 5) is 15.8. The van der Waals surface area contributed by atoms with Crippen molar-refractivity contribution in [2.75, 3.05) is 13.2 Å². The van der Waals surface area contributed by atoms with E-state index >= 15 is 0 Å². The fourth-order valence-electron chi connectivity index (χ4n) is 2.04. The van der Waals surface area contributed by atoms with E-state index in [-0.39, 0.29) is 5.91 Å². The molecule has 2 aromatic rings. The average molecular weight is 389 g/mol. The molecule has 24 heavy (non-hydrogen) atoms. The molecule has 0 saturated carbocycles. The van der Waals surface area contributed by atoms with Gasteiger partial charge >= 0.3 is 0 Å². The predicted molar refractivity (Wildman–Crippen MR) is 99.8 cm³/mol. The van der Waals surface area contributed by atoms with E-state index in [1.807, 2.05) is 48.6 Å². The van der Waals surface area contributed by atoms with Gasteiger partial charge < -0.3 is 10.1 Å². The standard InChI is InChI=1S/C19H21BrN2O2/c20-17-8-10-18(11-9-17)24-14-2-1-7-19(23)22-13-4-6-16-5-3-12-21-15-16/h3-6,8-12,15H,1-2,7,13-14H2,(H,22,23)/b6-4+. The van der Waals surface area contributed by atoms with Crippen LogP contribution in [0.4, 0.5) is 0 Å². The highest BCUT2D eigenvalue weighted by Crippen LogP contribution is 2.16. The van der Waals surface area contributed by atoms with Gasteiger partial charge in [0.15, 0.2) is 0 Å². The third kappa shape index (κ3) is 7.42. The number of carbonyl (C=O) groups is 1. The Labute approximate surface area is 151 Å². The summed E-state index contributed by atoms with van der Waals surface area (Å²) in [6.07, 6.45) is 9.57. The number of halogens is 1. The van der Waals surface area contributed by atoms with Crippen molar-refractivity contribution in [3.8, 4) is 5.75 Å². The minimum absolute atomic E-state index is 0.0643. The van der Waals surface area contributed by atoms with Crippen molar-refractivity contribution in [3.05, 3.63) is 64.9 Å². The van der Waals surface area contributed by atoms with Gasteiger partial charge in [-0.15, -0.1) is 0 Å². The molecule has 2 rings (SSSR count). The fourth-order valence-corrected chi connectivity index (χ4v) is 2.30. The van der Waals surface area contributed by atoms with Gasteiger partial charge in [-0.1, -0.05) is 34.1 Å². The Morgan fingerprint density at radius 3 is 2.79 bits per heavy atom. The van der Waals surface area contributed by atoms with Crippen LogP contribution in [0.3, 0.4) is 0 Å². The zero-order valence-electron chi connectivity index (χ0n) is 13.5. The topological polar surface area (TPSA) is 51.2 Å². The third-order valence-corrected chi connectivity index (χ3v) is 3.82. The summed E-state index contributed by atoms with van der Waals surface area (Å²) >= 11 is 3.39. The maximum Gasteiger partial charge on any atom is 0.220 e. The van der Waals surface area contributed by atoms with Crippen LogP contribution in [0.15, 0.2) is 59.3 Å². The van der Waals surface area contributed by atoms with E-state index in [0.29, 0.717) is 19.6 Å². The molecule has 0 spiro atoms. The number of hydrogen-bond donors (Lipinski definition) is 1. The first-order valence-corrected chi connectivity index (χ1v) is 8.75. The molecule has 4 nitrogen and oxygen atoms in total. The van der Waals surface area contributed by atoms with Gasteiger partial charge in [0, 0.05) is 29.8 Å². The summed E-state index contributed by atoms with van der Waals surface area (Å²) in [5, 5.41) is 2.88. The zero-order chi connectivity index (χ0) is 17.0. The van der Waals surface area contributed by atoms with E-state index in [4.69, 9.17) is 4.74 Å². The van der Waals surface area contributed by atoms with Crippen molar-refractivity contribution in [1.82, 2.24) is 10.3 Å². The number of rotatable bonds is 9. The monoisotopic (exact) mass is 388 g/mol. The molecule has 0 aliphatic carbocycles. The largest absolute Gasteiger partial charge is 0.494 e. The zero-order valence-corrected chi connectivity index (χ0v) is 15.0. The Morgan fingerprint density at radius 1 is 1.21 bits per heavy atom. The molecule has 0 saturated heterocycles. The van der Waals surface area contributed by atoms with Crippen molar-refractivity contribution in [1.29, 1.82) is 0 Å². The normalized spacial score (nSPS) is 10.7. The number of nitrogens with zero attached hydrogens (tertiary/aromatic N) is 1. The molecule has 0 atom stereocenters. The van der Waals surface area contributed by atoms with Gasteiger partial charge in [0.05, 0.1) is 6.61 Å². The molecule has 0 fully saturated rings. The second-order valence-electron chi connectivity index (χ2n) is 5.25. The highest BCUT2D eigenvalue weighted by Gasteiger charge is 2.00. The number of carbonyl (C=O) groups excluding carboxylic acids is 1. The second-order valence-corrected chi connectivity index (χ2v) is 6.17. The lowest BCUT2D eigenvalue weighted by atomic mass is 10.2. The molecule has 1 heterocycles. The van der Waals surface area contributed by atoms with Crippen LogP contribution < -0.4 is 10.1 Å². The van der Waals surface area contributed by atoms with Gasteiger partial charge in [-0.25, -0.2) is 0 Å². The lowest BCUT2D eigenvalue weighted by Crippen LogP contribution is -2.22. The van der Waals surface area contributed by atoms with Crippen molar-refractivity contribution < 1.29 is 9.53 Å². The number of pyridine rings is 1. The number of hydrogen-bond acceptors (Lipinski definition) is 3. The Kier molecular flexibility index (Phi) is 8.04. The van der Waals surface area contributed by atoms with Crippen LogP contribution in [-0.2, 0) is 4.79 Å². The minimum atomic E-state index is 0.0643. The van der Waals surface area contributed by atoms with Crippen molar-refractivity contribution in [2.24, 2.45) is 0 Å². The molecule has 1 N–H and O–H groups in total. The van der Waals surface area contributed by atoms with Crippen molar-refractivity contribution in [3.63, 3.8) is 0 Å². The first-order valence-electron chi connectivity index (χ1n) is 7.96. The smallest absolute Gasteiger partial charge is 0.220 e. The highest BCUT2D eigenvalue weighted by atomic mass is 79.9.